The standard InChI is InChI=1S/C19H14F6O3/c1-11-9-16(28-15(11)26,10-17(27,18(20,21)22)19(23,24)25)14-7-6-12-4-2-3-5-13(12)8-14/h2-8,27H,1,9-10H2/t16-/m0/s1. The number of esters is 1. The summed E-state index contributed by atoms with van der Waals surface area (Å²) in [6.45, 7) is 3.35. The normalized spacial score (nSPS) is 21.2. The number of hydrogen-bond acceptors (Lipinski definition) is 3. The van der Waals surface area contributed by atoms with Gasteiger partial charge in [-0.1, -0.05) is 43.0 Å². The van der Waals surface area contributed by atoms with Gasteiger partial charge in [-0.15, -0.1) is 0 Å². The van der Waals surface area contributed by atoms with Gasteiger partial charge in [-0.3, -0.25) is 0 Å². The number of rotatable bonds is 3. The van der Waals surface area contributed by atoms with E-state index in [9.17, 15) is 36.2 Å². The molecule has 0 saturated carbocycles. The summed E-state index contributed by atoms with van der Waals surface area (Å²) in [7, 11) is 0. The van der Waals surface area contributed by atoms with Crippen LogP contribution in [0.1, 0.15) is 18.4 Å². The minimum absolute atomic E-state index is 0.0925. The first-order valence-electron chi connectivity index (χ1n) is 8.05. The minimum atomic E-state index is -6.04. The summed E-state index contributed by atoms with van der Waals surface area (Å²) < 4.78 is 84.5. The molecule has 150 valence electrons. The van der Waals surface area contributed by atoms with Gasteiger partial charge in [0.15, 0.2) is 0 Å². The number of aliphatic hydroxyl groups is 1. The van der Waals surface area contributed by atoms with Crippen LogP contribution in [0.4, 0.5) is 26.3 Å². The van der Waals surface area contributed by atoms with Gasteiger partial charge in [0.25, 0.3) is 5.60 Å². The maximum absolute atomic E-state index is 13.3. The molecule has 1 saturated heterocycles. The van der Waals surface area contributed by atoms with E-state index in [1.54, 1.807) is 24.3 Å². The maximum atomic E-state index is 13.3. The summed E-state index contributed by atoms with van der Waals surface area (Å²) in [5, 5.41) is 10.9. The van der Waals surface area contributed by atoms with Crippen LogP contribution in [0.15, 0.2) is 54.6 Å². The number of ether oxygens (including phenoxy) is 1. The molecule has 2 aromatic carbocycles. The van der Waals surface area contributed by atoms with Gasteiger partial charge in [-0.2, -0.15) is 26.3 Å². The van der Waals surface area contributed by atoms with Crippen LogP contribution in [0.3, 0.4) is 0 Å². The van der Waals surface area contributed by atoms with E-state index in [0.29, 0.717) is 10.8 Å². The molecule has 3 nitrogen and oxygen atoms in total. The quantitative estimate of drug-likeness (QED) is 0.455. The lowest BCUT2D eigenvalue weighted by molar-refractivity contribution is -0.378. The number of hydrogen-bond donors (Lipinski definition) is 1. The van der Waals surface area contributed by atoms with Crippen LogP contribution in [0.2, 0.25) is 0 Å². The molecule has 1 aliphatic rings. The van der Waals surface area contributed by atoms with Gasteiger partial charge < -0.3 is 9.84 Å². The molecule has 3 rings (SSSR count). The molecule has 9 heteroatoms. The van der Waals surface area contributed by atoms with Gasteiger partial charge in [-0.25, -0.2) is 4.79 Å². The predicted octanol–water partition coefficient (Wildman–Crippen LogP) is 4.78. The molecule has 1 heterocycles. The van der Waals surface area contributed by atoms with Crippen molar-refractivity contribution < 1.29 is 41.0 Å². The molecule has 0 radical (unpaired) electrons. The average Bonchev–Trinajstić information content (AvgIpc) is 2.87. The Balaban J connectivity index is 2.18. The Morgan fingerprint density at radius 2 is 1.57 bits per heavy atom. The summed E-state index contributed by atoms with van der Waals surface area (Å²) in [5.41, 5.74) is -7.81. The number of cyclic esters (lactones) is 1. The van der Waals surface area contributed by atoms with Crippen molar-refractivity contribution in [1.29, 1.82) is 0 Å². The minimum Gasteiger partial charge on any atom is -0.450 e. The smallest absolute Gasteiger partial charge is 0.426 e. The Bertz CT molecular complexity index is 915. The van der Waals surface area contributed by atoms with E-state index in [1.165, 1.54) is 18.2 Å². The van der Waals surface area contributed by atoms with E-state index in [0.717, 1.165) is 0 Å². The van der Waals surface area contributed by atoms with Gasteiger partial charge in [0.05, 0.1) is 0 Å². The van der Waals surface area contributed by atoms with E-state index in [2.05, 4.69) is 6.58 Å². The monoisotopic (exact) mass is 404 g/mol. The van der Waals surface area contributed by atoms with Crippen molar-refractivity contribution in [2.24, 2.45) is 0 Å². The zero-order chi connectivity index (χ0) is 21.0. The highest BCUT2D eigenvalue weighted by Gasteiger charge is 2.73. The highest BCUT2D eigenvalue weighted by Crippen LogP contribution is 2.53. The summed E-state index contributed by atoms with van der Waals surface area (Å²) in [5.74, 6) is -1.11. The fourth-order valence-electron chi connectivity index (χ4n) is 3.31. The molecule has 0 spiro atoms. The molecule has 0 bridgehead atoms. The van der Waals surface area contributed by atoms with Crippen molar-refractivity contribution in [2.45, 2.75) is 36.4 Å². The molecule has 1 aliphatic heterocycles. The largest absolute Gasteiger partial charge is 0.450 e. The van der Waals surface area contributed by atoms with Crippen molar-refractivity contribution in [1.82, 2.24) is 0 Å². The van der Waals surface area contributed by atoms with E-state index < -0.39 is 42.4 Å². The molecular formula is C19H14F6O3. The second-order valence-electron chi connectivity index (χ2n) is 6.76. The predicted molar refractivity (Wildman–Crippen MR) is 87.2 cm³/mol. The Kier molecular flexibility index (Phi) is 4.49. The molecule has 28 heavy (non-hydrogen) atoms. The molecule has 2 aromatic rings. The van der Waals surface area contributed by atoms with Gasteiger partial charge in [0.1, 0.15) is 5.60 Å². The SMILES string of the molecule is C=C1C[C@](CC(O)(C(F)(F)F)C(F)(F)F)(c2ccc3ccccc3c2)OC1=O. The summed E-state index contributed by atoms with van der Waals surface area (Å²) in [4.78, 5) is 11.8. The van der Waals surface area contributed by atoms with Crippen LogP contribution in [-0.2, 0) is 15.1 Å². The van der Waals surface area contributed by atoms with Crippen LogP contribution in [0.5, 0.6) is 0 Å². The maximum Gasteiger partial charge on any atom is 0.426 e. The number of halogens is 6. The first kappa shape index (κ1) is 20.2. The average molecular weight is 404 g/mol. The lowest BCUT2D eigenvalue weighted by Gasteiger charge is -2.39. The molecule has 1 fully saturated rings. The number of fused-ring (bicyclic) bond motifs is 1. The molecule has 1 N–H and O–H groups in total. The van der Waals surface area contributed by atoms with Gasteiger partial charge in [-0.05, 0) is 22.4 Å². The van der Waals surface area contributed by atoms with Crippen LogP contribution in [0, 0.1) is 0 Å². The number of alkyl halides is 6. The first-order chi connectivity index (χ1) is 12.8. The van der Waals surface area contributed by atoms with Crippen molar-refractivity contribution in [3.63, 3.8) is 0 Å². The van der Waals surface area contributed by atoms with E-state index in [4.69, 9.17) is 4.74 Å². The number of carbonyl (C=O) groups excluding carboxylic acids is 1. The topological polar surface area (TPSA) is 46.5 Å². The zero-order valence-corrected chi connectivity index (χ0v) is 14.2. The van der Waals surface area contributed by atoms with E-state index >= 15 is 0 Å². The Hall–Kier alpha value is -2.55. The van der Waals surface area contributed by atoms with Gasteiger partial charge in [0, 0.05) is 18.4 Å². The van der Waals surface area contributed by atoms with Crippen LogP contribution >= 0.6 is 0 Å². The summed E-state index contributed by atoms with van der Waals surface area (Å²) >= 11 is 0. The first-order valence-corrected chi connectivity index (χ1v) is 8.05. The molecule has 0 aromatic heterocycles. The second kappa shape index (κ2) is 6.23. The molecule has 1 atom stereocenters. The second-order valence-corrected chi connectivity index (χ2v) is 6.76. The Morgan fingerprint density at radius 3 is 2.07 bits per heavy atom. The lowest BCUT2D eigenvalue weighted by Crippen LogP contribution is -2.60. The summed E-state index contributed by atoms with van der Waals surface area (Å²) in [6.07, 6.45) is -14.6. The van der Waals surface area contributed by atoms with E-state index in [1.807, 2.05) is 0 Å². The number of carbonyl (C=O) groups is 1. The van der Waals surface area contributed by atoms with Crippen LogP contribution in [-0.4, -0.2) is 29.0 Å². The van der Waals surface area contributed by atoms with Gasteiger partial charge >= 0.3 is 18.3 Å². The lowest BCUT2D eigenvalue weighted by atomic mass is 9.78. The fourth-order valence-corrected chi connectivity index (χ4v) is 3.31. The van der Waals surface area contributed by atoms with E-state index in [-0.39, 0.29) is 11.1 Å². The van der Waals surface area contributed by atoms with Crippen molar-refractivity contribution >= 4 is 16.7 Å². The summed E-state index contributed by atoms with van der Waals surface area (Å²) in [6, 6.07) is 10.8. The molecule has 0 unspecified atom stereocenters. The highest BCUT2D eigenvalue weighted by atomic mass is 19.4. The molecule has 0 amide bonds. The van der Waals surface area contributed by atoms with Crippen molar-refractivity contribution in [3.8, 4) is 0 Å². The Labute approximate surface area is 155 Å². The third kappa shape index (κ3) is 3.13. The number of benzene rings is 2. The fraction of sp³-hybridized carbons (Fsp3) is 0.316. The Morgan fingerprint density at radius 1 is 1.00 bits per heavy atom. The van der Waals surface area contributed by atoms with Crippen molar-refractivity contribution in [3.05, 3.63) is 60.2 Å². The van der Waals surface area contributed by atoms with Gasteiger partial charge in [0.2, 0.25) is 0 Å². The third-order valence-corrected chi connectivity index (χ3v) is 4.83. The highest BCUT2D eigenvalue weighted by molar-refractivity contribution is 5.91. The van der Waals surface area contributed by atoms with Crippen LogP contribution in [0.25, 0.3) is 10.8 Å². The third-order valence-electron chi connectivity index (χ3n) is 4.83. The molecular weight excluding hydrogens is 390 g/mol. The van der Waals surface area contributed by atoms with Crippen LogP contribution < -0.4 is 0 Å². The van der Waals surface area contributed by atoms with Crippen molar-refractivity contribution in [2.75, 3.05) is 0 Å². The zero-order valence-electron chi connectivity index (χ0n) is 14.2. The molecule has 0 aliphatic carbocycles.